The summed E-state index contributed by atoms with van der Waals surface area (Å²) in [5.74, 6) is 0.596. The molecule has 1 aromatic heterocycles. The highest BCUT2D eigenvalue weighted by molar-refractivity contribution is 6.33. The fraction of sp³-hybridized carbons (Fsp3) is 0.100. The molecule has 0 aliphatic heterocycles. The first-order valence-electron chi connectivity index (χ1n) is 4.39. The van der Waals surface area contributed by atoms with Gasteiger partial charge in [0.15, 0.2) is 5.15 Å². The largest absolute Gasteiger partial charge is 0.495 e. The van der Waals surface area contributed by atoms with Gasteiger partial charge in [-0.15, -0.1) is 10.2 Å². The molecule has 16 heavy (non-hydrogen) atoms. The van der Waals surface area contributed by atoms with Gasteiger partial charge in [-0.3, -0.25) is 0 Å². The van der Waals surface area contributed by atoms with Crippen molar-refractivity contribution in [2.45, 2.75) is 0 Å². The number of rotatable bonds is 2. The second-order valence-electron chi connectivity index (χ2n) is 2.95. The lowest BCUT2D eigenvalue weighted by molar-refractivity contribution is 0.415. The van der Waals surface area contributed by atoms with E-state index in [9.17, 15) is 0 Å². The van der Waals surface area contributed by atoms with E-state index in [2.05, 4.69) is 15.2 Å². The topological polar surface area (TPSA) is 47.9 Å². The molecule has 6 heteroatoms. The molecule has 0 bridgehead atoms. The third-order valence-corrected chi connectivity index (χ3v) is 2.57. The minimum Gasteiger partial charge on any atom is -0.495 e. The van der Waals surface area contributed by atoms with Crippen molar-refractivity contribution in [3.63, 3.8) is 0 Å². The lowest BCUT2D eigenvalue weighted by Gasteiger charge is -2.05. The molecule has 0 atom stereocenters. The van der Waals surface area contributed by atoms with Gasteiger partial charge >= 0.3 is 0 Å². The monoisotopic (exact) mass is 255 g/mol. The van der Waals surface area contributed by atoms with Crippen molar-refractivity contribution in [3.05, 3.63) is 34.7 Å². The second-order valence-corrected chi connectivity index (χ2v) is 3.71. The zero-order valence-corrected chi connectivity index (χ0v) is 9.83. The summed E-state index contributed by atoms with van der Waals surface area (Å²) in [5, 5.41) is 8.35. The molecule has 0 fully saturated rings. The minimum atomic E-state index is 0.288. The third-order valence-electron chi connectivity index (χ3n) is 2.00. The summed E-state index contributed by atoms with van der Waals surface area (Å²) in [5.41, 5.74) is 1.24. The summed E-state index contributed by atoms with van der Waals surface area (Å²) in [6.07, 6.45) is 1.29. The standard InChI is InChI=1S/C10H7Cl2N3O/c1-16-8-3-2-6(4-7(8)11)9-10(12)13-5-14-15-9/h2-5H,1H3. The van der Waals surface area contributed by atoms with Crippen LogP contribution in [0.25, 0.3) is 11.3 Å². The zero-order chi connectivity index (χ0) is 11.5. The lowest BCUT2D eigenvalue weighted by atomic mass is 10.1. The first-order valence-corrected chi connectivity index (χ1v) is 5.15. The van der Waals surface area contributed by atoms with Crippen molar-refractivity contribution >= 4 is 23.2 Å². The Morgan fingerprint density at radius 1 is 1.25 bits per heavy atom. The number of aromatic nitrogens is 3. The van der Waals surface area contributed by atoms with Gasteiger partial charge in [0, 0.05) is 5.56 Å². The second kappa shape index (κ2) is 4.63. The molecule has 1 aromatic carbocycles. The normalized spacial score (nSPS) is 10.2. The average molecular weight is 256 g/mol. The first-order chi connectivity index (χ1) is 7.72. The maximum atomic E-state index is 6.00. The van der Waals surface area contributed by atoms with Crippen LogP contribution in [-0.4, -0.2) is 22.3 Å². The van der Waals surface area contributed by atoms with E-state index < -0.39 is 0 Å². The number of methoxy groups -OCH3 is 1. The van der Waals surface area contributed by atoms with Crippen molar-refractivity contribution in [1.29, 1.82) is 0 Å². The average Bonchev–Trinajstić information content (AvgIpc) is 2.29. The molecule has 0 unspecified atom stereocenters. The van der Waals surface area contributed by atoms with Gasteiger partial charge in [0.05, 0.1) is 12.1 Å². The van der Waals surface area contributed by atoms with Gasteiger partial charge in [-0.25, -0.2) is 4.98 Å². The Morgan fingerprint density at radius 2 is 2.06 bits per heavy atom. The highest BCUT2D eigenvalue weighted by atomic mass is 35.5. The minimum absolute atomic E-state index is 0.288. The van der Waals surface area contributed by atoms with Gasteiger partial charge in [0.25, 0.3) is 0 Å². The Labute approximate surface area is 102 Å². The van der Waals surface area contributed by atoms with Gasteiger partial charge < -0.3 is 4.74 Å². The molecule has 2 rings (SSSR count). The van der Waals surface area contributed by atoms with Crippen molar-refractivity contribution in [2.24, 2.45) is 0 Å². The van der Waals surface area contributed by atoms with Crippen LogP contribution in [0.4, 0.5) is 0 Å². The number of halogens is 2. The van der Waals surface area contributed by atoms with Crippen LogP contribution in [0.2, 0.25) is 10.2 Å². The number of nitrogens with zero attached hydrogens (tertiary/aromatic N) is 3. The Morgan fingerprint density at radius 3 is 2.69 bits per heavy atom. The van der Waals surface area contributed by atoms with Gasteiger partial charge in [-0.1, -0.05) is 23.2 Å². The van der Waals surface area contributed by atoms with Crippen LogP contribution in [0.5, 0.6) is 5.75 Å². The molecule has 4 nitrogen and oxygen atoms in total. The van der Waals surface area contributed by atoms with Crippen molar-refractivity contribution in [2.75, 3.05) is 7.11 Å². The van der Waals surface area contributed by atoms with Crippen molar-refractivity contribution in [1.82, 2.24) is 15.2 Å². The van der Waals surface area contributed by atoms with E-state index in [-0.39, 0.29) is 5.15 Å². The van der Waals surface area contributed by atoms with Crippen LogP contribution in [-0.2, 0) is 0 Å². The molecule has 0 saturated carbocycles. The number of hydrogen-bond donors (Lipinski definition) is 0. The van der Waals surface area contributed by atoms with E-state index in [1.807, 2.05) is 0 Å². The Bertz CT molecular complexity index is 519. The SMILES string of the molecule is COc1ccc(-c2nncnc2Cl)cc1Cl. The van der Waals surface area contributed by atoms with Crippen LogP contribution >= 0.6 is 23.2 Å². The van der Waals surface area contributed by atoms with E-state index >= 15 is 0 Å². The number of ether oxygens (including phenoxy) is 1. The van der Waals surface area contributed by atoms with Gasteiger partial charge in [-0.05, 0) is 18.2 Å². The maximum absolute atomic E-state index is 6.00. The van der Waals surface area contributed by atoms with Crippen molar-refractivity contribution < 1.29 is 4.74 Å². The summed E-state index contributed by atoms with van der Waals surface area (Å²) in [6.45, 7) is 0. The molecular formula is C10H7Cl2N3O. The van der Waals surface area contributed by atoms with E-state index in [1.165, 1.54) is 6.33 Å². The Kier molecular flexibility index (Phi) is 3.22. The molecule has 82 valence electrons. The Balaban J connectivity index is 2.50. The van der Waals surface area contributed by atoms with Gasteiger partial charge in [-0.2, -0.15) is 0 Å². The van der Waals surface area contributed by atoms with E-state index in [0.29, 0.717) is 16.5 Å². The summed E-state index contributed by atoms with van der Waals surface area (Å²) in [4.78, 5) is 3.85. The highest BCUT2D eigenvalue weighted by Gasteiger charge is 2.09. The predicted octanol–water partition coefficient (Wildman–Crippen LogP) is 2.85. The number of benzene rings is 1. The summed E-state index contributed by atoms with van der Waals surface area (Å²) in [7, 11) is 1.55. The molecule has 0 amide bonds. The van der Waals surface area contributed by atoms with Crippen LogP contribution in [0.15, 0.2) is 24.5 Å². The number of hydrogen-bond acceptors (Lipinski definition) is 4. The molecule has 0 radical (unpaired) electrons. The molecule has 0 aliphatic rings. The summed E-state index contributed by atoms with van der Waals surface area (Å²) < 4.78 is 5.05. The highest BCUT2D eigenvalue weighted by Crippen LogP contribution is 2.31. The van der Waals surface area contributed by atoms with Crippen LogP contribution in [0.1, 0.15) is 0 Å². The predicted molar refractivity (Wildman–Crippen MR) is 61.8 cm³/mol. The van der Waals surface area contributed by atoms with E-state index in [1.54, 1.807) is 25.3 Å². The zero-order valence-electron chi connectivity index (χ0n) is 8.32. The van der Waals surface area contributed by atoms with Crippen molar-refractivity contribution in [3.8, 4) is 17.0 Å². The third kappa shape index (κ3) is 2.08. The lowest BCUT2D eigenvalue weighted by Crippen LogP contribution is -1.92. The fourth-order valence-corrected chi connectivity index (χ4v) is 1.70. The Hall–Kier alpha value is -1.39. The van der Waals surface area contributed by atoms with E-state index in [4.69, 9.17) is 27.9 Å². The molecule has 0 spiro atoms. The van der Waals surface area contributed by atoms with E-state index in [0.717, 1.165) is 5.56 Å². The molecular weight excluding hydrogens is 249 g/mol. The summed E-state index contributed by atoms with van der Waals surface area (Å²) in [6, 6.07) is 5.24. The maximum Gasteiger partial charge on any atom is 0.159 e. The first kappa shape index (κ1) is 11.1. The molecule has 0 saturated heterocycles. The summed E-state index contributed by atoms with van der Waals surface area (Å²) >= 11 is 11.9. The molecule has 0 N–H and O–H groups in total. The molecule has 2 aromatic rings. The van der Waals surface area contributed by atoms with Crippen LogP contribution in [0.3, 0.4) is 0 Å². The fourth-order valence-electron chi connectivity index (χ4n) is 1.25. The quantitative estimate of drug-likeness (QED) is 0.828. The van der Waals surface area contributed by atoms with Crippen LogP contribution < -0.4 is 4.74 Å². The van der Waals surface area contributed by atoms with Gasteiger partial charge in [0.1, 0.15) is 17.8 Å². The van der Waals surface area contributed by atoms with Crippen LogP contribution in [0, 0.1) is 0 Å². The van der Waals surface area contributed by atoms with Gasteiger partial charge in [0.2, 0.25) is 0 Å². The molecule has 0 aliphatic carbocycles. The molecule has 1 heterocycles. The smallest absolute Gasteiger partial charge is 0.159 e.